The van der Waals surface area contributed by atoms with E-state index in [0.29, 0.717) is 28.5 Å². The molecule has 0 aliphatic rings. The molecule has 1 aromatic carbocycles. The first-order valence-electron chi connectivity index (χ1n) is 7.71. The summed E-state index contributed by atoms with van der Waals surface area (Å²) in [7, 11) is 1.33. The average molecular weight is 352 g/mol. The van der Waals surface area contributed by atoms with E-state index in [-0.39, 0.29) is 5.91 Å². The highest BCUT2D eigenvalue weighted by atomic mass is 16.5. The molecule has 8 nitrogen and oxygen atoms in total. The second-order valence-electron chi connectivity index (χ2n) is 5.40. The second kappa shape index (κ2) is 7.47. The molecular formula is C18H16N4O4. The number of nitrogens with one attached hydrogen (secondary N) is 2. The number of hydrogen-bond donors (Lipinski definition) is 2. The minimum Gasteiger partial charge on any atom is -0.465 e. The van der Waals surface area contributed by atoms with Crippen LogP contribution in [0.25, 0.3) is 0 Å². The maximum absolute atomic E-state index is 12.3. The van der Waals surface area contributed by atoms with E-state index in [2.05, 4.69) is 25.5 Å². The van der Waals surface area contributed by atoms with E-state index in [9.17, 15) is 9.59 Å². The summed E-state index contributed by atoms with van der Waals surface area (Å²) >= 11 is 0. The first kappa shape index (κ1) is 17.2. The van der Waals surface area contributed by atoms with E-state index < -0.39 is 5.97 Å². The number of carbonyl (C=O) groups excluding carboxylic acids is 2. The molecule has 0 saturated heterocycles. The summed E-state index contributed by atoms with van der Waals surface area (Å²) in [5.74, 6) is 0.700. The minimum absolute atomic E-state index is 0.329. The molecule has 0 bridgehead atoms. The molecule has 132 valence electrons. The van der Waals surface area contributed by atoms with Gasteiger partial charge in [0.1, 0.15) is 11.6 Å². The number of aromatic nitrogens is 2. The zero-order chi connectivity index (χ0) is 18.5. The van der Waals surface area contributed by atoms with Crippen molar-refractivity contribution in [3.63, 3.8) is 0 Å². The minimum atomic E-state index is -0.406. The van der Waals surface area contributed by atoms with E-state index in [1.54, 1.807) is 49.4 Å². The zero-order valence-electron chi connectivity index (χ0n) is 14.1. The van der Waals surface area contributed by atoms with Crippen molar-refractivity contribution < 1.29 is 18.8 Å². The Morgan fingerprint density at radius 2 is 1.81 bits per heavy atom. The van der Waals surface area contributed by atoms with Crippen LogP contribution < -0.4 is 10.6 Å². The number of methoxy groups -OCH3 is 1. The van der Waals surface area contributed by atoms with Crippen LogP contribution in [-0.2, 0) is 4.74 Å². The number of aryl methyl sites for hydroxylation is 1. The Balaban J connectivity index is 1.70. The largest absolute Gasteiger partial charge is 0.465 e. The van der Waals surface area contributed by atoms with Crippen molar-refractivity contribution in [3.05, 3.63) is 65.5 Å². The van der Waals surface area contributed by atoms with Crippen LogP contribution in [0.2, 0.25) is 0 Å². The van der Waals surface area contributed by atoms with Crippen LogP contribution in [0.1, 0.15) is 26.5 Å². The fraction of sp³-hybridized carbons (Fsp3) is 0.111. The fourth-order valence-corrected chi connectivity index (χ4v) is 2.21. The van der Waals surface area contributed by atoms with Gasteiger partial charge in [0, 0.05) is 23.5 Å². The molecule has 2 aromatic heterocycles. The number of carbonyl (C=O) groups is 2. The number of anilines is 3. The Morgan fingerprint density at radius 3 is 2.46 bits per heavy atom. The number of pyridine rings is 1. The van der Waals surface area contributed by atoms with Gasteiger partial charge in [-0.1, -0.05) is 5.16 Å². The van der Waals surface area contributed by atoms with Crippen LogP contribution in [0.15, 0.2) is 53.2 Å². The maximum atomic E-state index is 12.3. The van der Waals surface area contributed by atoms with Crippen molar-refractivity contribution in [1.82, 2.24) is 10.1 Å². The molecule has 3 aromatic rings. The molecule has 3 rings (SSSR count). The van der Waals surface area contributed by atoms with Crippen molar-refractivity contribution in [1.29, 1.82) is 0 Å². The molecule has 2 heterocycles. The molecule has 0 aliphatic heterocycles. The Bertz CT molecular complexity index is 934. The monoisotopic (exact) mass is 352 g/mol. The Labute approximate surface area is 149 Å². The SMILES string of the molecule is COC(=O)c1ccc(Nc2cc(C(=O)Nc3cc(C)on3)ccn2)cc1. The van der Waals surface area contributed by atoms with Crippen molar-refractivity contribution in [2.24, 2.45) is 0 Å². The third-order valence-corrected chi connectivity index (χ3v) is 3.47. The van der Waals surface area contributed by atoms with Gasteiger partial charge in [-0.25, -0.2) is 9.78 Å². The maximum Gasteiger partial charge on any atom is 0.337 e. The average Bonchev–Trinajstić information content (AvgIpc) is 3.06. The number of amides is 1. The molecule has 8 heteroatoms. The molecule has 0 atom stereocenters. The normalized spacial score (nSPS) is 10.2. The van der Waals surface area contributed by atoms with Gasteiger partial charge in [-0.2, -0.15) is 0 Å². The lowest BCUT2D eigenvalue weighted by molar-refractivity contribution is 0.0600. The van der Waals surface area contributed by atoms with Crippen LogP contribution in [0.5, 0.6) is 0 Å². The smallest absolute Gasteiger partial charge is 0.337 e. The van der Waals surface area contributed by atoms with Crippen LogP contribution >= 0.6 is 0 Å². The fourth-order valence-electron chi connectivity index (χ4n) is 2.21. The Hall–Kier alpha value is -3.68. The van der Waals surface area contributed by atoms with Gasteiger partial charge in [0.05, 0.1) is 12.7 Å². The van der Waals surface area contributed by atoms with E-state index in [1.165, 1.54) is 13.3 Å². The molecule has 0 spiro atoms. The second-order valence-corrected chi connectivity index (χ2v) is 5.40. The lowest BCUT2D eigenvalue weighted by Crippen LogP contribution is -2.12. The van der Waals surface area contributed by atoms with Crippen LogP contribution in [0.3, 0.4) is 0 Å². The third kappa shape index (κ3) is 4.04. The molecule has 0 fully saturated rings. The number of esters is 1. The summed E-state index contributed by atoms with van der Waals surface area (Å²) in [5.41, 5.74) is 1.58. The van der Waals surface area contributed by atoms with E-state index in [1.807, 2.05) is 0 Å². The molecular weight excluding hydrogens is 336 g/mol. The molecule has 0 unspecified atom stereocenters. The lowest BCUT2D eigenvalue weighted by atomic mass is 10.2. The highest BCUT2D eigenvalue weighted by molar-refractivity contribution is 6.04. The van der Waals surface area contributed by atoms with Gasteiger partial charge in [0.15, 0.2) is 5.82 Å². The van der Waals surface area contributed by atoms with Crippen LogP contribution in [-0.4, -0.2) is 29.1 Å². The Morgan fingerprint density at radius 1 is 1.04 bits per heavy atom. The number of benzene rings is 1. The number of ether oxygens (including phenoxy) is 1. The highest BCUT2D eigenvalue weighted by Crippen LogP contribution is 2.17. The third-order valence-electron chi connectivity index (χ3n) is 3.47. The molecule has 2 N–H and O–H groups in total. The standard InChI is InChI=1S/C18H16N4O4/c1-11-9-16(22-26-11)21-17(23)13-7-8-19-15(10-13)20-14-5-3-12(4-6-14)18(24)25-2/h3-10H,1-2H3,(H,19,20)(H,21,22,23). The van der Waals surface area contributed by atoms with Gasteiger partial charge in [0.25, 0.3) is 5.91 Å². The van der Waals surface area contributed by atoms with Crippen molar-refractivity contribution in [2.45, 2.75) is 6.92 Å². The molecule has 26 heavy (non-hydrogen) atoms. The van der Waals surface area contributed by atoms with Gasteiger partial charge in [0.2, 0.25) is 0 Å². The van der Waals surface area contributed by atoms with Gasteiger partial charge in [-0.15, -0.1) is 0 Å². The van der Waals surface area contributed by atoms with Gasteiger partial charge in [-0.3, -0.25) is 4.79 Å². The van der Waals surface area contributed by atoms with Gasteiger partial charge >= 0.3 is 5.97 Å². The van der Waals surface area contributed by atoms with Crippen molar-refractivity contribution in [2.75, 3.05) is 17.7 Å². The quantitative estimate of drug-likeness (QED) is 0.679. The Kier molecular flexibility index (Phi) is 4.93. The summed E-state index contributed by atoms with van der Waals surface area (Å²) < 4.78 is 9.58. The first-order valence-corrected chi connectivity index (χ1v) is 7.71. The summed E-state index contributed by atoms with van der Waals surface area (Å²) in [6.45, 7) is 1.74. The van der Waals surface area contributed by atoms with Crippen LogP contribution in [0.4, 0.5) is 17.3 Å². The van der Waals surface area contributed by atoms with Gasteiger partial charge < -0.3 is 19.9 Å². The molecule has 0 aliphatic carbocycles. The number of rotatable bonds is 5. The summed E-state index contributed by atoms with van der Waals surface area (Å²) in [6, 6.07) is 11.5. The summed E-state index contributed by atoms with van der Waals surface area (Å²) in [5, 5.41) is 9.44. The topological polar surface area (TPSA) is 106 Å². The van der Waals surface area contributed by atoms with Crippen molar-refractivity contribution in [3.8, 4) is 0 Å². The molecule has 0 radical (unpaired) electrons. The van der Waals surface area contributed by atoms with E-state index in [4.69, 9.17) is 4.52 Å². The summed E-state index contributed by atoms with van der Waals surface area (Å²) in [4.78, 5) is 27.9. The summed E-state index contributed by atoms with van der Waals surface area (Å²) in [6.07, 6.45) is 1.52. The van der Waals surface area contributed by atoms with E-state index in [0.717, 1.165) is 5.69 Å². The van der Waals surface area contributed by atoms with Crippen molar-refractivity contribution >= 4 is 29.2 Å². The molecule has 0 saturated carbocycles. The van der Waals surface area contributed by atoms with Gasteiger partial charge in [-0.05, 0) is 43.3 Å². The number of hydrogen-bond acceptors (Lipinski definition) is 7. The van der Waals surface area contributed by atoms with E-state index >= 15 is 0 Å². The number of nitrogens with zero attached hydrogens (tertiary/aromatic N) is 2. The predicted molar refractivity (Wildman–Crippen MR) is 94.5 cm³/mol. The first-order chi connectivity index (χ1) is 12.5. The van der Waals surface area contributed by atoms with Crippen LogP contribution in [0, 0.1) is 6.92 Å². The zero-order valence-corrected chi connectivity index (χ0v) is 14.1. The molecule has 1 amide bonds. The predicted octanol–water partition coefficient (Wildman–Crippen LogP) is 3.16. The lowest BCUT2D eigenvalue weighted by Gasteiger charge is -2.08. The highest BCUT2D eigenvalue weighted by Gasteiger charge is 2.10.